The molecule has 6 nitrogen and oxygen atoms in total. The van der Waals surface area contributed by atoms with E-state index in [4.69, 9.17) is 16.6 Å². The highest BCUT2D eigenvalue weighted by Gasteiger charge is 2.29. The molecular formula is C8H19Cl2N3O3S. The summed E-state index contributed by atoms with van der Waals surface area (Å²) in [6, 6.07) is 0. The fraction of sp³-hybridized carbons (Fsp3) is 0.750. The van der Waals surface area contributed by atoms with Crippen molar-refractivity contribution in [2.75, 3.05) is 18.1 Å². The number of nitrogens with zero attached hydrogens (tertiary/aromatic N) is 1. The third-order valence-electron chi connectivity index (χ3n) is 1.63. The SMILES string of the molecule is CC(N)=NCCS(=O)C[C@@](C)(N)C(=O)O.Cl.Cl. The zero-order chi connectivity index (χ0) is 12.1. The van der Waals surface area contributed by atoms with Gasteiger partial charge in [0.1, 0.15) is 5.54 Å². The van der Waals surface area contributed by atoms with Gasteiger partial charge in [-0.3, -0.25) is 14.0 Å². The molecule has 0 aliphatic rings. The number of hydrogen-bond donors (Lipinski definition) is 3. The van der Waals surface area contributed by atoms with E-state index in [1.807, 2.05) is 0 Å². The second kappa shape index (κ2) is 9.64. The first-order valence-corrected chi connectivity index (χ1v) is 5.88. The minimum Gasteiger partial charge on any atom is -0.480 e. The highest BCUT2D eigenvalue weighted by Crippen LogP contribution is 2.02. The van der Waals surface area contributed by atoms with Crippen molar-refractivity contribution in [1.82, 2.24) is 0 Å². The number of rotatable bonds is 6. The summed E-state index contributed by atoms with van der Waals surface area (Å²) < 4.78 is 11.4. The van der Waals surface area contributed by atoms with Gasteiger partial charge >= 0.3 is 5.97 Å². The lowest BCUT2D eigenvalue weighted by Gasteiger charge is -2.17. The number of aliphatic imine (C=N–C) groups is 1. The standard InChI is InChI=1S/C8H17N3O3S.2ClH/c1-6(9)11-3-4-15(14)5-8(2,10)7(12)13;;/h3-5,10H2,1-2H3,(H2,9,11)(H,12,13);2*1H/t8-,15?;;/m1../s1. The highest BCUT2D eigenvalue weighted by atomic mass is 35.5. The van der Waals surface area contributed by atoms with Gasteiger partial charge in [-0.15, -0.1) is 24.8 Å². The first kappa shape index (κ1) is 21.9. The second-order valence-electron chi connectivity index (χ2n) is 3.53. The minimum atomic E-state index is -1.45. The van der Waals surface area contributed by atoms with Crippen LogP contribution in [-0.4, -0.2) is 44.7 Å². The number of aliphatic carboxylic acids is 1. The number of carboxylic acids is 1. The van der Waals surface area contributed by atoms with Crippen LogP contribution in [0.15, 0.2) is 4.99 Å². The minimum absolute atomic E-state index is 0. The molecule has 9 heteroatoms. The molecule has 0 aromatic heterocycles. The van der Waals surface area contributed by atoms with Gasteiger partial charge in [0.05, 0.1) is 18.1 Å². The maximum absolute atomic E-state index is 11.4. The number of hydrogen-bond acceptors (Lipinski definition) is 4. The second-order valence-corrected chi connectivity index (χ2v) is 5.11. The maximum atomic E-state index is 11.4. The third-order valence-corrected chi connectivity index (χ3v) is 3.19. The fourth-order valence-corrected chi connectivity index (χ4v) is 2.02. The Kier molecular flexibility index (Phi) is 12.4. The predicted molar refractivity (Wildman–Crippen MR) is 74.8 cm³/mol. The van der Waals surface area contributed by atoms with Crippen molar-refractivity contribution >= 4 is 47.4 Å². The summed E-state index contributed by atoms with van der Waals surface area (Å²) in [5.41, 5.74) is 9.27. The first-order chi connectivity index (χ1) is 6.75. The Morgan fingerprint density at radius 1 is 1.47 bits per heavy atom. The van der Waals surface area contributed by atoms with Gasteiger partial charge in [-0.25, -0.2) is 0 Å². The maximum Gasteiger partial charge on any atom is 0.324 e. The van der Waals surface area contributed by atoms with Gasteiger partial charge < -0.3 is 16.6 Å². The van der Waals surface area contributed by atoms with Gasteiger partial charge in [0.25, 0.3) is 0 Å². The Morgan fingerprint density at radius 3 is 2.29 bits per heavy atom. The van der Waals surface area contributed by atoms with Crippen LogP contribution in [0.3, 0.4) is 0 Å². The lowest BCUT2D eigenvalue weighted by molar-refractivity contribution is -0.141. The van der Waals surface area contributed by atoms with E-state index in [-0.39, 0.29) is 36.3 Å². The van der Waals surface area contributed by atoms with Crippen LogP contribution in [0.2, 0.25) is 0 Å². The zero-order valence-electron chi connectivity index (χ0n) is 9.71. The van der Waals surface area contributed by atoms with Crippen molar-refractivity contribution in [2.45, 2.75) is 19.4 Å². The first-order valence-electron chi connectivity index (χ1n) is 4.39. The van der Waals surface area contributed by atoms with Gasteiger partial charge in [0.15, 0.2) is 0 Å². The molecule has 0 amide bonds. The van der Waals surface area contributed by atoms with Crippen molar-refractivity contribution in [3.05, 3.63) is 0 Å². The summed E-state index contributed by atoms with van der Waals surface area (Å²) in [4.78, 5) is 14.5. The third kappa shape index (κ3) is 10.5. The molecule has 5 N–H and O–H groups in total. The molecule has 0 fully saturated rings. The lowest BCUT2D eigenvalue weighted by Crippen LogP contribution is -2.49. The Hall–Kier alpha value is -0.370. The van der Waals surface area contributed by atoms with Crippen molar-refractivity contribution in [3.8, 4) is 0 Å². The van der Waals surface area contributed by atoms with Crippen molar-refractivity contribution < 1.29 is 14.1 Å². The van der Waals surface area contributed by atoms with Crippen LogP contribution in [0.5, 0.6) is 0 Å². The van der Waals surface area contributed by atoms with E-state index in [0.717, 1.165) is 0 Å². The molecule has 2 atom stereocenters. The molecule has 0 bridgehead atoms. The number of carbonyl (C=O) groups is 1. The predicted octanol–water partition coefficient (Wildman–Crippen LogP) is -0.242. The molecule has 0 aliphatic heterocycles. The molecule has 0 saturated heterocycles. The summed E-state index contributed by atoms with van der Waals surface area (Å²) in [6.07, 6.45) is 0. The number of halogens is 2. The van der Waals surface area contributed by atoms with E-state index in [0.29, 0.717) is 12.4 Å². The number of nitrogens with two attached hydrogens (primary N) is 2. The largest absolute Gasteiger partial charge is 0.480 e. The Morgan fingerprint density at radius 2 is 1.94 bits per heavy atom. The van der Waals surface area contributed by atoms with E-state index in [2.05, 4.69) is 4.99 Å². The smallest absolute Gasteiger partial charge is 0.324 e. The van der Waals surface area contributed by atoms with Gasteiger partial charge in [-0.1, -0.05) is 0 Å². The molecule has 0 heterocycles. The van der Waals surface area contributed by atoms with Crippen LogP contribution in [-0.2, 0) is 15.6 Å². The number of carboxylic acid groups (broad SMARTS) is 1. The average Bonchev–Trinajstić information content (AvgIpc) is 2.01. The summed E-state index contributed by atoms with van der Waals surface area (Å²) in [7, 11) is -1.29. The van der Waals surface area contributed by atoms with Crippen LogP contribution in [0.1, 0.15) is 13.8 Å². The molecule has 17 heavy (non-hydrogen) atoms. The van der Waals surface area contributed by atoms with Gasteiger partial charge in [-0.05, 0) is 13.8 Å². The van der Waals surface area contributed by atoms with Crippen LogP contribution in [0, 0.1) is 0 Å². The molecular weight excluding hydrogens is 289 g/mol. The Bertz CT molecular complexity index is 294. The normalized spacial score (nSPS) is 16.1. The van der Waals surface area contributed by atoms with Gasteiger partial charge in [0.2, 0.25) is 0 Å². The van der Waals surface area contributed by atoms with Crippen molar-refractivity contribution in [1.29, 1.82) is 0 Å². The van der Waals surface area contributed by atoms with Gasteiger partial charge in [-0.2, -0.15) is 0 Å². The monoisotopic (exact) mass is 307 g/mol. The summed E-state index contributed by atoms with van der Waals surface area (Å²) in [5, 5.41) is 8.70. The summed E-state index contributed by atoms with van der Waals surface area (Å²) in [5.74, 6) is -0.550. The van der Waals surface area contributed by atoms with E-state index in [9.17, 15) is 9.00 Å². The van der Waals surface area contributed by atoms with Crippen LogP contribution in [0.25, 0.3) is 0 Å². The molecule has 104 valence electrons. The molecule has 0 rings (SSSR count). The average molecular weight is 308 g/mol. The quantitative estimate of drug-likeness (QED) is 0.462. The van der Waals surface area contributed by atoms with Gasteiger partial charge in [0, 0.05) is 16.6 Å². The number of amidine groups is 1. The van der Waals surface area contributed by atoms with Crippen LogP contribution in [0.4, 0.5) is 0 Å². The van der Waals surface area contributed by atoms with Crippen molar-refractivity contribution in [3.63, 3.8) is 0 Å². The topological polar surface area (TPSA) is 119 Å². The Labute approximate surface area is 116 Å². The summed E-state index contributed by atoms with van der Waals surface area (Å²) in [6.45, 7) is 3.29. The molecule has 1 unspecified atom stereocenters. The van der Waals surface area contributed by atoms with E-state index in [1.165, 1.54) is 6.92 Å². The fourth-order valence-electron chi connectivity index (χ4n) is 0.792. The van der Waals surface area contributed by atoms with Crippen LogP contribution < -0.4 is 11.5 Å². The van der Waals surface area contributed by atoms with Crippen molar-refractivity contribution in [2.24, 2.45) is 16.5 Å². The zero-order valence-corrected chi connectivity index (χ0v) is 12.2. The summed E-state index contributed by atoms with van der Waals surface area (Å²) >= 11 is 0. The highest BCUT2D eigenvalue weighted by molar-refractivity contribution is 7.85. The Balaban J connectivity index is -0.000000980. The molecule has 0 aromatic rings. The molecule has 0 aromatic carbocycles. The molecule has 0 saturated carbocycles. The molecule has 0 radical (unpaired) electrons. The molecule has 0 spiro atoms. The molecule has 0 aliphatic carbocycles. The van der Waals surface area contributed by atoms with E-state index >= 15 is 0 Å². The van der Waals surface area contributed by atoms with E-state index < -0.39 is 22.3 Å². The van der Waals surface area contributed by atoms with E-state index in [1.54, 1.807) is 6.92 Å². The van der Waals surface area contributed by atoms with Crippen LogP contribution >= 0.6 is 24.8 Å². The lowest BCUT2D eigenvalue weighted by atomic mass is 10.1.